The fraction of sp³-hybridized carbons (Fsp3) is 0.432. The van der Waals surface area contributed by atoms with E-state index < -0.39 is 6.67 Å². The van der Waals surface area contributed by atoms with E-state index >= 15 is 0 Å². The second-order valence-electron chi connectivity index (χ2n) is 10.9. The van der Waals surface area contributed by atoms with Crippen LogP contribution in [0.2, 0.25) is 0 Å². The first-order valence-electron chi connectivity index (χ1n) is 15.7. The number of pyridine rings is 3. The number of alkyl halides is 1. The van der Waals surface area contributed by atoms with E-state index in [1.54, 1.807) is 12.3 Å². The third-order valence-corrected chi connectivity index (χ3v) is 6.63. The van der Waals surface area contributed by atoms with Gasteiger partial charge in [-0.3, -0.25) is 15.0 Å². The van der Waals surface area contributed by atoms with Gasteiger partial charge in [-0.05, 0) is 49.8 Å². The van der Waals surface area contributed by atoms with Crippen molar-refractivity contribution in [3.8, 4) is 0 Å². The third kappa shape index (κ3) is 9.01. The molecule has 0 aliphatic heterocycles. The maximum Gasteiger partial charge on any atom is 0.156 e. The van der Waals surface area contributed by atoms with Gasteiger partial charge in [0, 0.05) is 59.0 Å². The number of aromatic nitrogens is 3. The van der Waals surface area contributed by atoms with E-state index in [2.05, 4.69) is 56.5 Å². The van der Waals surface area contributed by atoms with Crippen LogP contribution in [0.15, 0.2) is 68.4 Å². The lowest BCUT2D eigenvalue weighted by atomic mass is 10.0. The van der Waals surface area contributed by atoms with Crippen LogP contribution in [0.4, 0.5) is 4.39 Å². The highest BCUT2D eigenvalue weighted by molar-refractivity contribution is 5.80. The molecule has 6 heterocycles. The van der Waals surface area contributed by atoms with Crippen LogP contribution in [-0.2, 0) is 6.67 Å². The molecule has 0 bridgehead atoms. The topological polar surface area (TPSA) is 78.1 Å². The van der Waals surface area contributed by atoms with Gasteiger partial charge < -0.3 is 13.3 Å². The maximum absolute atomic E-state index is 12.4. The van der Waals surface area contributed by atoms with Gasteiger partial charge >= 0.3 is 0 Å². The Morgan fingerprint density at radius 2 is 1.09 bits per heavy atom. The van der Waals surface area contributed by atoms with Crippen molar-refractivity contribution in [1.29, 1.82) is 0 Å². The van der Waals surface area contributed by atoms with Crippen molar-refractivity contribution in [3.63, 3.8) is 0 Å². The fourth-order valence-corrected chi connectivity index (χ4v) is 4.58. The molecule has 7 heteroatoms. The largest absolute Gasteiger partial charge is 0.461 e. The number of nitrogens with zero attached hydrogens (tertiary/aromatic N) is 3. The molecule has 0 atom stereocenters. The van der Waals surface area contributed by atoms with Gasteiger partial charge in [-0.25, -0.2) is 4.39 Å². The van der Waals surface area contributed by atoms with Gasteiger partial charge in [0.25, 0.3) is 0 Å². The fourth-order valence-electron chi connectivity index (χ4n) is 4.58. The molecule has 0 N–H and O–H groups in total. The molecule has 6 aromatic rings. The van der Waals surface area contributed by atoms with Gasteiger partial charge in [-0.1, -0.05) is 69.2 Å². The highest BCUT2D eigenvalue weighted by Gasteiger charge is 2.12. The lowest BCUT2D eigenvalue weighted by molar-refractivity contribution is 0.406. The monoisotopic (exact) mass is 603 g/mol. The van der Waals surface area contributed by atoms with Crippen molar-refractivity contribution >= 4 is 33.2 Å². The molecule has 0 saturated carbocycles. The molecule has 6 nitrogen and oxygen atoms in total. The number of halogens is 1. The first-order valence-corrected chi connectivity index (χ1v) is 15.7. The third-order valence-electron chi connectivity index (χ3n) is 6.63. The predicted octanol–water partition coefficient (Wildman–Crippen LogP) is 12.0. The molecule has 0 aromatic carbocycles. The SMILES string of the molecule is CC.CC.CC(C)c1ccnc2cc(CF)oc12.Cc1cc2cncc(C(C)C)c2o1.Cc1cc2nccc(C(C)C)c2o1. The van der Waals surface area contributed by atoms with E-state index in [0.717, 1.165) is 50.3 Å². The Morgan fingerprint density at radius 1 is 0.614 bits per heavy atom. The molecule has 0 aliphatic carbocycles. The summed E-state index contributed by atoms with van der Waals surface area (Å²) in [6.07, 6.45) is 7.30. The van der Waals surface area contributed by atoms with Gasteiger partial charge in [0.15, 0.2) is 11.2 Å². The smallest absolute Gasteiger partial charge is 0.156 e. The van der Waals surface area contributed by atoms with Gasteiger partial charge in [-0.2, -0.15) is 0 Å². The highest BCUT2D eigenvalue weighted by Crippen LogP contribution is 2.28. The van der Waals surface area contributed by atoms with E-state index in [9.17, 15) is 4.39 Å². The number of furan rings is 3. The van der Waals surface area contributed by atoms with E-state index in [1.165, 1.54) is 11.1 Å². The molecular formula is C37H50FN3O3. The molecular weight excluding hydrogens is 553 g/mol. The molecule has 0 unspecified atom stereocenters. The molecule has 0 radical (unpaired) electrons. The Balaban J connectivity index is 0.000000218. The van der Waals surface area contributed by atoms with Gasteiger partial charge in [-0.15, -0.1) is 0 Å². The number of fused-ring (bicyclic) bond motifs is 3. The van der Waals surface area contributed by atoms with Crippen molar-refractivity contribution in [2.24, 2.45) is 0 Å². The summed E-state index contributed by atoms with van der Waals surface area (Å²) >= 11 is 0. The summed E-state index contributed by atoms with van der Waals surface area (Å²) in [5.41, 5.74) is 7.85. The van der Waals surface area contributed by atoms with Gasteiger partial charge in [0.1, 0.15) is 40.6 Å². The number of hydrogen-bond acceptors (Lipinski definition) is 6. The van der Waals surface area contributed by atoms with Crippen molar-refractivity contribution in [1.82, 2.24) is 15.0 Å². The Labute approximate surface area is 262 Å². The molecule has 6 rings (SSSR count). The van der Waals surface area contributed by atoms with E-state index in [4.69, 9.17) is 13.3 Å². The van der Waals surface area contributed by atoms with Crippen molar-refractivity contribution in [2.75, 3.05) is 0 Å². The molecule has 44 heavy (non-hydrogen) atoms. The molecule has 238 valence electrons. The summed E-state index contributed by atoms with van der Waals surface area (Å²) in [6, 6.07) is 9.59. The zero-order valence-corrected chi connectivity index (χ0v) is 28.6. The minimum absolute atomic E-state index is 0.348. The number of aryl methyl sites for hydroxylation is 2. The van der Waals surface area contributed by atoms with Crippen LogP contribution in [-0.4, -0.2) is 15.0 Å². The standard InChI is InChI=1S/C11H12FNO.2C11H13NO.2C2H6/c1-7(2)9-3-4-13-10-5-8(6-12)14-11(9)10;1-7(2)10-6-12-5-9-4-8(3)13-11(9)10;1-7(2)9-4-5-12-10-6-8(3)13-11(9)10;2*1-2/h3-5,7H,6H2,1-2H3;2*4-7H,1-3H3;2*1-2H3. The summed E-state index contributed by atoms with van der Waals surface area (Å²) in [5.74, 6) is 3.53. The van der Waals surface area contributed by atoms with Crippen LogP contribution in [0.5, 0.6) is 0 Å². The highest BCUT2D eigenvalue weighted by atomic mass is 19.1. The van der Waals surface area contributed by atoms with Crippen LogP contribution in [0.3, 0.4) is 0 Å². The van der Waals surface area contributed by atoms with E-state index in [1.807, 2.05) is 84.4 Å². The average molecular weight is 604 g/mol. The molecule has 0 aliphatic rings. The van der Waals surface area contributed by atoms with E-state index in [-0.39, 0.29) is 0 Å². The lowest BCUT2D eigenvalue weighted by Crippen LogP contribution is -1.88. The van der Waals surface area contributed by atoms with Crippen LogP contribution in [0, 0.1) is 13.8 Å². The van der Waals surface area contributed by atoms with Crippen LogP contribution in [0.1, 0.15) is 121 Å². The first-order chi connectivity index (χ1) is 21.1. The second kappa shape index (κ2) is 17.3. The summed E-state index contributed by atoms with van der Waals surface area (Å²) in [5, 5.41) is 1.10. The quantitative estimate of drug-likeness (QED) is 0.199. The summed E-state index contributed by atoms with van der Waals surface area (Å²) in [6.45, 7) is 24.1. The normalized spacial score (nSPS) is 10.6. The molecule has 0 fully saturated rings. The zero-order valence-electron chi connectivity index (χ0n) is 28.6. The van der Waals surface area contributed by atoms with Crippen molar-refractivity contribution in [3.05, 3.63) is 89.1 Å². The van der Waals surface area contributed by atoms with Gasteiger partial charge in [0.2, 0.25) is 0 Å². The molecule has 0 amide bonds. The Morgan fingerprint density at radius 3 is 1.61 bits per heavy atom. The number of rotatable bonds is 4. The predicted molar refractivity (Wildman–Crippen MR) is 181 cm³/mol. The molecule has 6 aromatic heterocycles. The van der Waals surface area contributed by atoms with Crippen molar-refractivity contribution < 1.29 is 17.6 Å². The zero-order chi connectivity index (χ0) is 33.0. The van der Waals surface area contributed by atoms with Crippen LogP contribution in [0.25, 0.3) is 33.2 Å². The summed E-state index contributed by atoms with van der Waals surface area (Å²) in [7, 11) is 0. The minimum Gasteiger partial charge on any atom is -0.461 e. The molecule has 0 saturated heterocycles. The number of hydrogen-bond donors (Lipinski definition) is 0. The van der Waals surface area contributed by atoms with Crippen molar-refractivity contribution in [2.45, 2.75) is 108 Å². The Kier molecular flexibility index (Phi) is 14.3. The molecule has 0 spiro atoms. The van der Waals surface area contributed by atoms with E-state index in [0.29, 0.717) is 23.5 Å². The lowest BCUT2D eigenvalue weighted by Gasteiger charge is -2.03. The first kappa shape index (κ1) is 36.2. The van der Waals surface area contributed by atoms with Crippen LogP contribution >= 0.6 is 0 Å². The van der Waals surface area contributed by atoms with Gasteiger partial charge in [0.05, 0.1) is 0 Å². The Bertz CT molecular complexity index is 1630. The Hall–Kier alpha value is -4.00. The van der Waals surface area contributed by atoms with Crippen LogP contribution < -0.4 is 0 Å². The second-order valence-corrected chi connectivity index (χ2v) is 10.9. The summed E-state index contributed by atoms with van der Waals surface area (Å²) < 4.78 is 29.0. The summed E-state index contributed by atoms with van der Waals surface area (Å²) in [4.78, 5) is 12.6. The minimum atomic E-state index is -0.576. The maximum atomic E-state index is 12.4. The average Bonchev–Trinajstić information content (AvgIpc) is 3.73.